The number of nitrogens with one attached hydrogen (secondary N) is 2. The predicted octanol–water partition coefficient (Wildman–Crippen LogP) is 2.56. The van der Waals surface area contributed by atoms with Crippen LogP contribution in [0.1, 0.15) is 12.2 Å². The Bertz CT molecular complexity index is 747. The summed E-state index contributed by atoms with van der Waals surface area (Å²) in [5.74, 6) is 0.479. The average molecular weight is 392 g/mol. The first-order valence-corrected chi connectivity index (χ1v) is 9.42. The Hall–Kier alpha value is -2.61. The molecule has 8 heteroatoms. The number of guanidine groups is 1. The van der Waals surface area contributed by atoms with Crippen molar-refractivity contribution in [3.63, 3.8) is 0 Å². The van der Waals surface area contributed by atoms with E-state index in [4.69, 9.17) is 9.15 Å². The molecule has 1 aromatic heterocycles. The third-order valence-corrected chi connectivity index (χ3v) is 4.59. The molecule has 2 heterocycles. The summed E-state index contributed by atoms with van der Waals surface area (Å²) in [5, 5.41) is 6.64. The van der Waals surface area contributed by atoms with Crippen molar-refractivity contribution in [3.05, 3.63) is 54.0 Å². The second-order valence-corrected chi connectivity index (χ2v) is 6.63. The Labute approximate surface area is 163 Å². The van der Waals surface area contributed by atoms with Crippen LogP contribution in [0.2, 0.25) is 0 Å². The first kappa shape index (κ1) is 20.1. The maximum atomic E-state index is 14.0. The van der Waals surface area contributed by atoms with Crippen LogP contribution in [0.5, 0.6) is 0 Å². The van der Waals surface area contributed by atoms with Crippen molar-refractivity contribution < 1.29 is 17.9 Å². The number of furan rings is 1. The molecule has 1 saturated heterocycles. The van der Waals surface area contributed by atoms with E-state index in [1.807, 2.05) is 12.1 Å². The number of aliphatic imine (C=N–C) groups is 1. The molecule has 0 radical (unpaired) electrons. The van der Waals surface area contributed by atoms with E-state index in [-0.39, 0.29) is 11.7 Å². The molecule has 0 aliphatic carbocycles. The molecule has 2 aromatic rings. The predicted molar refractivity (Wildman–Crippen MR) is 105 cm³/mol. The second-order valence-electron chi connectivity index (χ2n) is 6.63. The highest BCUT2D eigenvalue weighted by atomic mass is 19.1. The van der Waals surface area contributed by atoms with Gasteiger partial charge in [0.25, 0.3) is 0 Å². The Balaban J connectivity index is 1.56. The Morgan fingerprint density at radius 2 is 2.11 bits per heavy atom. The van der Waals surface area contributed by atoms with E-state index in [1.165, 1.54) is 18.2 Å². The van der Waals surface area contributed by atoms with E-state index in [0.717, 1.165) is 18.6 Å². The first-order chi connectivity index (χ1) is 13.7. The zero-order valence-corrected chi connectivity index (χ0v) is 16.0. The zero-order valence-electron chi connectivity index (χ0n) is 16.0. The van der Waals surface area contributed by atoms with E-state index < -0.39 is 11.6 Å². The number of nitrogens with zero attached hydrogens (tertiary/aromatic N) is 2. The molecule has 1 fully saturated rings. The van der Waals surface area contributed by atoms with Gasteiger partial charge in [-0.25, -0.2) is 8.78 Å². The summed E-state index contributed by atoms with van der Waals surface area (Å²) in [5.41, 5.74) is 0.0375. The molecule has 0 spiro atoms. The van der Waals surface area contributed by atoms with Crippen LogP contribution in [-0.2, 0) is 11.2 Å². The number of halogens is 2. The molecule has 1 atom stereocenters. The normalized spacial score (nSPS) is 17.2. The standard InChI is InChI=1S/C20H26F2N4O2/c1-27-13-10-24-20(23-9-7-16-4-3-12-28-16)25-15-8-11-26(14-15)19-17(21)5-2-6-18(19)22/h2-6,12,15H,7-11,13-14H2,1H3,(H2,23,24,25). The molecule has 0 bridgehead atoms. The number of hydrogen-bond acceptors (Lipinski definition) is 4. The van der Waals surface area contributed by atoms with E-state index in [9.17, 15) is 8.78 Å². The fourth-order valence-electron chi connectivity index (χ4n) is 3.23. The molecule has 6 nitrogen and oxygen atoms in total. The van der Waals surface area contributed by atoms with Gasteiger partial charge in [0, 0.05) is 39.2 Å². The Kier molecular flexibility index (Phi) is 7.25. The van der Waals surface area contributed by atoms with Crippen molar-refractivity contribution in [2.45, 2.75) is 18.9 Å². The molecule has 0 amide bonds. The summed E-state index contributed by atoms with van der Waals surface area (Å²) < 4.78 is 38.5. The van der Waals surface area contributed by atoms with Gasteiger partial charge in [0.2, 0.25) is 0 Å². The number of methoxy groups -OCH3 is 1. The van der Waals surface area contributed by atoms with Crippen LogP contribution in [0, 0.1) is 11.6 Å². The Morgan fingerprint density at radius 1 is 1.29 bits per heavy atom. The van der Waals surface area contributed by atoms with Gasteiger partial charge in [0.15, 0.2) is 5.96 Å². The van der Waals surface area contributed by atoms with Gasteiger partial charge >= 0.3 is 0 Å². The van der Waals surface area contributed by atoms with Gasteiger partial charge < -0.3 is 24.7 Å². The summed E-state index contributed by atoms with van der Waals surface area (Å²) in [6, 6.07) is 7.77. The quantitative estimate of drug-likeness (QED) is 0.411. The highest BCUT2D eigenvalue weighted by Crippen LogP contribution is 2.26. The van der Waals surface area contributed by atoms with Crippen LogP contribution < -0.4 is 15.5 Å². The molecule has 0 saturated carbocycles. The van der Waals surface area contributed by atoms with Gasteiger partial charge in [0.1, 0.15) is 23.1 Å². The number of ether oxygens (including phenoxy) is 1. The lowest BCUT2D eigenvalue weighted by Gasteiger charge is -2.21. The van der Waals surface area contributed by atoms with E-state index in [0.29, 0.717) is 38.7 Å². The topological polar surface area (TPSA) is 62.0 Å². The number of anilines is 1. The number of para-hydroxylation sites is 1. The average Bonchev–Trinajstić information content (AvgIpc) is 3.34. The minimum absolute atomic E-state index is 0.0375. The maximum absolute atomic E-state index is 14.0. The largest absolute Gasteiger partial charge is 0.469 e. The molecule has 28 heavy (non-hydrogen) atoms. The second kappa shape index (κ2) is 10.1. The van der Waals surface area contributed by atoms with Crippen LogP contribution in [-0.4, -0.2) is 51.9 Å². The fourth-order valence-corrected chi connectivity index (χ4v) is 3.23. The van der Waals surface area contributed by atoms with E-state index >= 15 is 0 Å². The SMILES string of the molecule is COCCN=C(NCCc1ccco1)NC1CCN(c2c(F)cccc2F)C1. The Morgan fingerprint density at radius 3 is 2.82 bits per heavy atom. The summed E-state index contributed by atoms with van der Waals surface area (Å²) in [7, 11) is 1.63. The summed E-state index contributed by atoms with van der Waals surface area (Å²) in [6.45, 7) is 2.77. The highest BCUT2D eigenvalue weighted by Gasteiger charge is 2.27. The number of rotatable bonds is 8. The van der Waals surface area contributed by atoms with Crippen LogP contribution >= 0.6 is 0 Å². The van der Waals surface area contributed by atoms with Crippen molar-refractivity contribution in [1.29, 1.82) is 0 Å². The zero-order chi connectivity index (χ0) is 19.8. The monoisotopic (exact) mass is 392 g/mol. The fraction of sp³-hybridized carbons (Fsp3) is 0.450. The van der Waals surface area contributed by atoms with Gasteiger partial charge in [-0.15, -0.1) is 0 Å². The minimum atomic E-state index is -0.536. The molecule has 1 aromatic carbocycles. The van der Waals surface area contributed by atoms with Crippen molar-refractivity contribution in [1.82, 2.24) is 10.6 Å². The smallest absolute Gasteiger partial charge is 0.191 e. The summed E-state index contributed by atoms with van der Waals surface area (Å²) in [4.78, 5) is 6.23. The molecule has 2 N–H and O–H groups in total. The van der Waals surface area contributed by atoms with Crippen molar-refractivity contribution in [3.8, 4) is 0 Å². The van der Waals surface area contributed by atoms with Crippen molar-refractivity contribution >= 4 is 11.6 Å². The van der Waals surface area contributed by atoms with Gasteiger partial charge in [-0.2, -0.15) is 0 Å². The molecule has 3 rings (SSSR count). The van der Waals surface area contributed by atoms with E-state index in [2.05, 4.69) is 15.6 Å². The van der Waals surface area contributed by atoms with Gasteiger partial charge in [-0.3, -0.25) is 4.99 Å². The highest BCUT2D eigenvalue weighted by molar-refractivity contribution is 5.80. The maximum Gasteiger partial charge on any atom is 0.191 e. The third kappa shape index (κ3) is 5.45. The summed E-state index contributed by atoms with van der Waals surface area (Å²) in [6.07, 6.45) is 3.14. The molecular weight excluding hydrogens is 366 g/mol. The third-order valence-electron chi connectivity index (χ3n) is 4.59. The lowest BCUT2D eigenvalue weighted by molar-refractivity contribution is 0.208. The first-order valence-electron chi connectivity index (χ1n) is 9.42. The van der Waals surface area contributed by atoms with E-state index in [1.54, 1.807) is 18.3 Å². The lowest BCUT2D eigenvalue weighted by atomic mass is 10.2. The molecule has 1 aliphatic heterocycles. The van der Waals surface area contributed by atoms with Gasteiger partial charge in [0.05, 0.1) is 19.4 Å². The molecule has 152 valence electrons. The van der Waals surface area contributed by atoms with Crippen LogP contribution in [0.25, 0.3) is 0 Å². The minimum Gasteiger partial charge on any atom is -0.469 e. The van der Waals surface area contributed by atoms with Crippen LogP contribution in [0.4, 0.5) is 14.5 Å². The molecule has 1 unspecified atom stereocenters. The molecule has 1 aliphatic rings. The van der Waals surface area contributed by atoms with Crippen molar-refractivity contribution in [2.75, 3.05) is 44.8 Å². The lowest BCUT2D eigenvalue weighted by Crippen LogP contribution is -2.45. The van der Waals surface area contributed by atoms with Gasteiger partial charge in [-0.1, -0.05) is 6.07 Å². The van der Waals surface area contributed by atoms with Gasteiger partial charge in [-0.05, 0) is 30.7 Å². The van der Waals surface area contributed by atoms with Crippen molar-refractivity contribution in [2.24, 2.45) is 4.99 Å². The van der Waals surface area contributed by atoms with Crippen LogP contribution in [0.3, 0.4) is 0 Å². The molecular formula is C20H26F2N4O2. The number of benzene rings is 1. The number of hydrogen-bond donors (Lipinski definition) is 2. The summed E-state index contributed by atoms with van der Waals surface area (Å²) >= 11 is 0. The van der Waals surface area contributed by atoms with Crippen LogP contribution in [0.15, 0.2) is 46.0 Å².